The highest BCUT2D eigenvalue weighted by atomic mass is 32.2. The van der Waals surface area contributed by atoms with E-state index >= 15 is 0 Å². The van der Waals surface area contributed by atoms with Gasteiger partial charge in [-0.2, -0.15) is 0 Å². The van der Waals surface area contributed by atoms with Crippen molar-refractivity contribution in [1.82, 2.24) is 0 Å². The van der Waals surface area contributed by atoms with Gasteiger partial charge in [-0.1, -0.05) is 30.9 Å². The summed E-state index contributed by atoms with van der Waals surface area (Å²) in [6.07, 6.45) is 8.97. The normalized spacial score (nSPS) is 13.1. The third kappa shape index (κ3) is 7.84. The van der Waals surface area contributed by atoms with Crippen LogP contribution in [0.25, 0.3) is 0 Å². The van der Waals surface area contributed by atoms with Crippen LogP contribution in [0.4, 0.5) is 5.69 Å². The van der Waals surface area contributed by atoms with Crippen LogP contribution in [0.1, 0.15) is 23.2 Å². The third-order valence-corrected chi connectivity index (χ3v) is 5.96. The molecule has 4 N–H and O–H groups in total. The number of carbonyl (C=O) groups excluding carboxylic acids is 1. The number of benzene rings is 2. The zero-order valence-electron chi connectivity index (χ0n) is 20.2. The maximum absolute atomic E-state index is 12.5. The van der Waals surface area contributed by atoms with Crippen molar-refractivity contribution in [2.75, 3.05) is 25.0 Å². The Morgan fingerprint density at radius 2 is 1.97 bits per heavy atom. The van der Waals surface area contributed by atoms with Crippen LogP contribution in [0.5, 0.6) is 11.5 Å². The molecule has 1 aliphatic rings. The zero-order valence-corrected chi connectivity index (χ0v) is 21.0. The quantitative estimate of drug-likeness (QED) is 0.268. The van der Waals surface area contributed by atoms with Gasteiger partial charge in [-0.25, -0.2) is 13.6 Å². The molecule has 9 nitrogen and oxygen atoms in total. The van der Waals surface area contributed by atoms with Crippen LogP contribution in [-0.2, 0) is 10.0 Å². The Balaban J connectivity index is 0.00000222. The molecule has 0 aliphatic carbocycles. The van der Waals surface area contributed by atoms with Crippen molar-refractivity contribution >= 4 is 34.9 Å². The van der Waals surface area contributed by atoms with Gasteiger partial charge in [-0.05, 0) is 62.0 Å². The van der Waals surface area contributed by atoms with Crippen molar-refractivity contribution in [3.05, 3.63) is 84.2 Å². The molecule has 36 heavy (non-hydrogen) atoms. The number of primary sulfonamides is 1. The van der Waals surface area contributed by atoms with Gasteiger partial charge in [-0.15, -0.1) is 0 Å². The molecule has 0 spiro atoms. The Morgan fingerprint density at radius 1 is 1.25 bits per heavy atom. The van der Waals surface area contributed by atoms with E-state index in [0.29, 0.717) is 30.8 Å². The molecule has 0 bridgehead atoms. The van der Waals surface area contributed by atoms with E-state index in [1.165, 1.54) is 13.1 Å². The van der Waals surface area contributed by atoms with E-state index in [4.69, 9.17) is 9.88 Å². The van der Waals surface area contributed by atoms with Gasteiger partial charge in [0.05, 0.1) is 5.69 Å². The second-order valence-corrected chi connectivity index (χ2v) is 9.08. The van der Waals surface area contributed by atoms with Crippen LogP contribution < -0.4 is 20.5 Å². The molecule has 0 atom stereocenters. The monoisotopic (exact) mass is 509 g/mol. The van der Waals surface area contributed by atoms with E-state index in [2.05, 4.69) is 29.0 Å². The molecule has 0 amide bonds. The Kier molecular flexibility index (Phi) is 10.9. The number of aldehydes is 1. The van der Waals surface area contributed by atoms with E-state index in [-0.39, 0.29) is 16.2 Å². The standard InChI is InChI=1S/C25H26N4O4S.CH5N/c1-3-19(14-27-2)16-29(17-20-8-7-11-28-15-20)23-12-21(18-30)13-24(34(26,31)32)25(23)33-22-9-5-4-6-10-22;1-2/h3-6,9-15,18H,1-2,7-8,16-17H2,(H2,26,31,32);2H2,1H3/b19-14+;. The van der Waals surface area contributed by atoms with Gasteiger partial charge >= 0.3 is 0 Å². The number of nitrogens with zero attached hydrogens (tertiary/aromatic N) is 3. The number of nitrogens with two attached hydrogens (primary N) is 2. The number of sulfonamides is 1. The molecule has 0 fully saturated rings. The number of ether oxygens (including phenoxy) is 1. The van der Waals surface area contributed by atoms with Crippen molar-refractivity contribution in [1.29, 1.82) is 0 Å². The molecule has 0 saturated carbocycles. The molecule has 2 aromatic carbocycles. The van der Waals surface area contributed by atoms with Gasteiger partial charge in [-0.3, -0.25) is 14.8 Å². The number of aliphatic imine (C=N–C) groups is 2. The number of anilines is 1. The molecule has 0 radical (unpaired) electrons. The van der Waals surface area contributed by atoms with Gasteiger partial charge in [0.1, 0.15) is 16.9 Å². The lowest BCUT2D eigenvalue weighted by molar-refractivity contribution is 0.112. The summed E-state index contributed by atoms with van der Waals surface area (Å²) in [5.74, 6) is 0.440. The number of para-hydroxylation sites is 1. The van der Waals surface area contributed by atoms with Crippen LogP contribution in [0.3, 0.4) is 0 Å². The molecule has 0 aromatic heterocycles. The molecule has 0 unspecified atom stereocenters. The van der Waals surface area contributed by atoms with Crippen LogP contribution in [-0.4, -0.2) is 47.8 Å². The maximum Gasteiger partial charge on any atom is 0.241 e. The van der Waals surface area contributed by atoms with Crippen molar-refractivity contribution in [3.63, 3.8) is 0 Å². The largest absolute Gasteiger partial charge is 0.454 e. The Hall–Kier alpha value is -3.86. The minimum Gasteiger partial charge on any atom is -0.454 e. The van der Waals surface area contributed by atoms with E-state index in [1.54, 1.807) is 48.8 Å². The summed E-state index contributed by atoms with van der Waals surface area (Å²) >= 11 is 0. The van der Waals surface area contributed by atoms with Gasteiger partial charge in [0.2, 0.25) is 10.0 Å². The number of carbonyl (C=O) groups is 1. The highest BCUT2D eigenvalue weighted by molar-refractivity contribution is 7.89. The lowest BCUT2D eigenvalue weighted by Gasteiger charge is -2.29. The van der Waals surface area contributed by atoms with E-state index in [0.717, 1.165) is 24.0 Å². The summed E-state index contributed by atoms with van der Waals surface area (Å²) in [6, 6.07) is 11.5. The van der Waals surface area contributed by atoms with E-state index in [9.17, 15) is 13.2 Å². The van der Waals surface area contributed by atoms with E-state index in [1.807, 2.05) is 17.2 Å². The lowest BCUT2D eigenvalue weighted by Crippen LogP contribution is -2.29. The summed E-state index contributed by atoms with van der Waals surface area (Å²) in [6.45, 7) is 8.02. The molecule has 190 valence electrons. The first-order valence-corrected chi connectivity index (χ1v) is 12.6. The molecule has 1 heterocycles. The van der Waals surface area contributed by atoms with Crippen molar-refractivity contribution < 1.29 is 17.9 Å². The Morgan fingerprint density at radius 3 is 2.53 bits per heavy atom. The first-order chi connectivity index (χ1) is 17.4. The third-order valence-electron chi connectivity index (χ3n) is 5.05. The smallest absolute Gasteiger partial charge is 0.241 e. The minimum atomic E-state index is -4.23. The van der Waals surface area contributed by atoms with Crippen molar-refractivity contribution in [2.45, 2.75) is 17.7 Å². The lowest BCUT2D eigenvalue weighted by atomic mass is 10.1. The molecular formula is C26H31N5O4S. The molecular weight excluding hydrogens is 478 g/mol. The second kappa shape index (κ2) is 13.9. The van der Waals surface area contributed by atoms with Gasteiger partial charge in [0.25, 0.3) is 0 Å². The van der Waals surface area contributed by atoms with E-state index < -0.39 is 10.0 Å². The summed E-state index contributed by atoms with van der Waals surface area (Å²) < 4.78 is 31.1. The van der Waals surface area contributed by atoms with Gasteiger partial charge in [0, 0.05) is 37.3 Å². The van der Waals surface area contributed by atoms with Crippen molar-refractivity contribution in [2.24, 2.45) is 20.9 Å². The topological polar surface area (TPSA) is 140 Å². The van der Waals surface area contributed by atoms with Crippen molar-refractivity contribution in [3.8, 4) is 11.5 Å². The number of hydrogen-bond donors (Lipinski definition) is 2. The van der Waals surface area contributed by atoms with Gasteiger partial charge in [0.15, 0.2) is 5.75 Å². The fraction of sp³-hybridized carbons (Fsp3) is 0.192. The summed E-state index contributed by atoms with van der Waals surface area (Å²) in [4.78, 5) is 21.4. The minimum absolute atomic E-state index is 0.0224. The Labute approximate surface area is 212 Å². The molecule has 2 aromatic rings. The van der Waals surface area contributed by atoms with Gasteiger partial charge < -0.3 is 15.4 Å². The molecule has 10 heteroatoms. The maximum atomic E-state index is 12.5. The fourth-order valence-electron chi connectivity index (χ4n) is 3.47. The molecule has 0 saturated heterocycles. The molecule has 1 aliphatic heterocycles. The summed E-state index contributed by atoms with van der Waals surface area (Å²) in [5.41, 5.74) is 6.78. The first-order valence-electron chi connectivity index (χ1n) is 11.0. The highest BCUT2D eigenvalue weighted by Crippen LogP contribution is 2.40. The summed E-state index contributed by atoms with van der Waals surface area (Å²) in [5, 5.41) is 5.54. The fourth-order valence-corrected chi connectivity index (χ4v) is 4.17. The Bertz CT molecular complexity index is 1270. The van der Waals surface area contributed by atoms with Crippen LogP contribution in [0, 0.1) is 0 Å². The predicted molar refractivity (Wildman–Crippen MR) is 146 cm³/mol. The van der Waals surface area contributed by atoms with Crippen LogP contribution in [0.15, 0.2) is 93.5 Å². The number of hydrogen-bond acceptors (Lipinski definition) is 8. The first kappa shape index (κ1) is 28.4. The SMILES string of the molecule is C=C/C(=C\N=C)CN(CC1=CN=CCC1)c1cc(C=O)cc(S(N)(=O)=O)c1Oc1ccccc1.CN. The average Bonchev–Trinajstić information content (AvgIpc) is 2.89. The number of rotatable bonds is 11. The summed E-state index contributed by atoms with van der Waals surface area (Å²) in [7, 11) is -2.73. The zero-order chi connectivity index (χ0) is 26.6. The predicted octanol–water partition coefficient (Wildman–Crippen LogP) is 3.84. The second-order valence-electron chi connectivity index (χ2n) is 7.55. The van der Waals surface area contributed by atoms with Crippen LogP contribution in [0.2, 0.25) is 0 Å². The molecule has 3 rings (SSSR count). The van der Waals surface area contributed by atoms with Crippen LogP contribution >= 0.6 is 0 Å². The average molecular weight is 510 g/mol. The highest BCUT2D eigenvalue weighted by Gasteiger charge is 2.25.